The lowest BCUT2D eigenvalue weighted by molar-refractivity contribution is 0.0918. The number of carbonyl (C=O) groups excluding carboxylic acids is 3. The van der Waals surface area contributed by atoms with E-state index in [9.17, 15) is 14.4 Å². The summed E-state index contributed by atoms with van der Waals surface area (Å²) in [6.45, 7) is 0. The van der Waals surface area contributed by atoms with Crippen LogP contribution in [-0.2, 0) is 0 Å². The second-order valence-corrected chi connectivity index (χ2v) is 10.6. The summed E-state index contributed by atoms with van der Waals surface area (Å²) >= 11 is 23.7. The first-order chi connectivity index (χ1) is 17.6. The Morgan fingerprint density at radius 2 is 1.46 bits per heavy atom. The van der Waals surface area contributed by atoms with Gasteiger partial charge in [-0.05, 0) is 60.7 Å². The molecule has 3 amide bonds. The number of rotatable bonds is 6. The van der Waals surface area contributed by atoms with Crippen LogP contribution in [0.1, 0.15) is 31.1 Å². The van der Waals surface area contributed by atoms with Gasteiger partial charge in [0.2, 0.25) is 3.79 Å². The third-order valence-corrected chi connectivity index (χ3v) is 6.29. The van der Waals surface area contributed by atoms with Crippen molar-refractivity contribution in [3.05, 3.63) is 89.5 Å². The molecule has 0 spiro atoms. The average molecular weight is 578 g/mol. The summed E-state index contributed by atoms with van der Waals surface area (Å²) in [5.74, 6) is -0.866. The van der Waals surface area contributed by atoms with E-state index >= 15 is 0 Å². The number of methoxy groups -OCH3 is 1. The van der Waals surface area contributed by atoms with Crippen LogP contribution in [0.5, 0.6) is 5.75 Å². The molecule has 0 aromatic heterocycles. The van der Waals surface area contributed by atoms with Crippen molar-refractivity contribution in [1.29, 1.82) is 0 Å². The van der Waals surface area contributed by atoms with Gasteiger partial charge in [0.1, 0.15) is 11.9 Å². The number of fused-ring (bicyclic) bond motifs is 1. The Labute approximate surface area is 232 Å². The average Bonchev–Trinajstić information content (AvgIpc) is 3.13. The van der Waals surface area contributed by atoms with Crippen LogP contribution in [0.4, 0.5) is 11.4 Å². The van der Waals surface area contributed by atoms with Crippen molar-refractivity contribution >= 4 is 81.2 Å². The van der Waals surface area contributed by atoms with Crippen LogP contribution >= 0.6 is 47.0 Å². The van der Waals surface area contributed by atoms with Gasteiger partial charge in [0.05, 0.1) is 29.6 Å². The van der Waals surface area contributed by atoms with Crippen LogP contribution in [0.15, 0.2) is 72.8 Å². The smallest absolute Gasteiger partial charge is 0.266 e. The van der Waals surface area contributed by atoms with Gasteiger partial charge in [0.15, 0.2) is 5.11 Å². The van der Waals surface area contributed by atoms with Crippen molar-refractivity contribution in [3.63, 3.8) is 0 Å². The Hall–Kier alpha value is -3.37. The summed E-state index contributed by atoms with van der Waals surface area (Å²) < 4.78 is 3.10. The molecule has 0 aliphatic carbocycles. The molecule has 1 heterocycles. The first kappa shape index (κ1) is 26.7. The number of benzene rings is 3. The molecule has 1 atom stereocenters. The Morgan fingerprint density at radius 1 is 0.892 bits per heavy atom. The van der Waals surface area contributed by atoms with E-state index in [1.165, 1.54) is 7.11 Å². The molecule has 3 aromatic carbocycles. The zero-order valence-corrected chi connectivity index (χ0v) is 22.2. The third kappa shape index (κ3) is 5.80. The standard InChI is InChI=1S/C25H19Cl3N4O4S/c1-36-15-12-10-14(11-13-15)20(33)30-23(25(26,27)28)31-24(37)29-18-8-4-5-9-19(18)32-21(34)16-6-2-3-7-17(16)22(32)35/h2-13,23H,1H3,(H,30,33)(H2,29,31,37). The molecule has 3 aromatic rings. The minimum Gasteiger partial charge on any atom is -0.497 e. The fraction of sp³-hybridized carbons (Fsp3) is 0.120. The Morgan fingerprint density at radius 3 is 2.03 bits per heavy atom. The van der Waals surface area contributed by atoms with Gasteiger partial charge in [0, 0.05) is 5.56 Å². The number of imide groups is 1. The third-order valence-electron chi connectivity index (χ3n) is 5.42. The van der Waals surface area contributed by atoms with E-state index in [0.717, 1.165) is 4.90 Å². The van der Waals surface area contributed by atoms with E-state index in [4.69, 9.17) is 51.8 Å². The highest BCUT2D eigenvalue weighted by Gasteiger charge is 2.38. The zero-order valence-electron chi connectivity index (χ0n) is 19.1. The number of thiocarbonyl (C=S) groups is 1. The Bertz CT molecular complexity index is 1340. The quantitative estimate of drug-likeness (QED) is 0.166. The number of para-hydroxylation sites is 2. The zero-order chi connectivity index (χ0) is 26.7. The number of hydrogen-bond donors (Lipinski definition) is 3. The molecule has 12 heteroatoms. The SMILES string of the molecule is COc1ccc(C(=O)NC(NC(=S)Nc2ccccc2N2C(=O)c3ccccc3C2=O)C(Cl)(Cl)Cl)cc1. The van der Waals surface area contributed by atoms with Crippen molar-refractivity contribution in [3.8, 4) is 5.75 Å². The number of nitrogens with zero attached hydrogens (tertiary/aromatic N) is 1. The minimum absolute atomic E-state index is 0.0320. The van der Waals surface area contributed by atoms with Crippen molar-refractivity contribution in [2.24, 2.45) is 0 Å². The molecule has 190 valence electrons. The molecule has 0 bridgehead atoms. The maximum absolute atomic E-state index is 13.0. The van der Waals surface area contributed by atoms with Gasteiger partial charge in [0.25, 0.3) is 17.7 Å². The Balaban J connectivity index is 1.51. The van der Waals surface area contributed by atoms with Crippen LogP contribution in [-0.4, -0.2) is 39.9 Å². The number of ether oxygens (including phenoxy) is 1. The first-order valence-corrected chi connectivity index (χ1v) is 12.3. The van der Waals surface area contributed by atoms with Crippen molar-refractivity contribution in [2.45, 2.75) is 9.96 Å². The second-order valence-electron chi connectivity index (χ2n) is 7.78. The van der Waals surface area contributed by atoms with E-state index < -0.39 is 27.7 Å². The topological polar surface area (TPSA) is 99.8 Å². The van der Waals surface area contributed by atoms with Crippen molar-refractivity contribution in [2.75, 3.05) is 17.3 Å². The van der Waals surface area contributed by atoms with Gasteiger partial charge in [-0.3, -0.25) is 14.4 Å². The van der Waals surface area contributed by atoms with Gasteiger partial charge < -0.3 is 20.7 Å². The minimum atomic E-state index is -1.99. The van der Waals surface area contributed by atoms with E-state index in [0.29, 0.717) is 28.1 Å². The number of amides is 3. The number of anilines is 2. The highest BCUT2D eigenvalue weighted by atomic mass is 35.6. The monoisotopic (exact) mass is 576 g/mol. The number of carbonyl (C=O) groups is 3. The highest BCUT2D eigenvalue weighted by molar-refractivity contribution is 7.80. The predicted molar refractivity (Wildman–Crippen MR) is 148 cm³/mol. The van der Waals surface area contributed by atoms with Crippen LogP contribution in [0.25, 0.3) is 0 Å². The maximum atomic E-state index is 13.0. The number of halogens is 3. The van der Waals surface area contributed by atoms with E-state index in [2.05, 4.69) is 16.0 Å². The lowest BCUT2D eigenvalue weighted by Crippen LogP contribution is -2.56. The molecule has 1 aliphatic heterocycles. The molecular formula is C25H19Cl3N4O4S. The van der Waals surface area contributed by atoms with Gasteiger partial charge in [-0.1, -0.05) is 59.1 Å². The largest absolute Gasteiger partial charge is 0.497 e. The molecule has 8 nitrogen and oxygen atoms in total. The molecule has 0 saturated heterocycles. The second kappa shape index (κ2) is 10.9. The lowest BCUT2D eigenvalue weighted by Gasteiger charge is -2.28. The summed E-state index contributed by atoms with van der Waals surface area (Å²) in [5, 5.41) is 8.24. The molecule has 0 fully saturated rings. The van der Waals surface area contributed by atoms with Crippen LogP contribution in [0.3, 0.4) is 0 Å². The molecule has 0 radical (unpaired) electrons. The highest BCUT2D eigenvalue weighted by Crippen LogP contribution is 2.34. The molecule has 0 saturated carbocycles. The van der Waals surface area contributed by atoms with Crippen LogP contribution < -0.4 is 25.6 Å². The predicted octanol–water partition coefficient (Wildman–Crippen LogP) is 4.91. The molecular weight excluding hydrogens is 559 g/mol. The van der Waals surface area contributed by atoms with Crippen molar-refractivity contribution in [1.82, 2.24) is 10.6 Å². The summed E-state index contributed by atoms with van der Waals surface area (Å²) in [6, 6.07) is 19.5. The molecule has 4 rings (SSSR count). The van der Waals surface area contributed by atoms with E-state index in [1.807, 2.05) is 0 Å². The molecule has 1 unspecified atom stereocenters. The van der Waals surface area contributed by atoms with E-state index in [1.54, 1.807) is 72.8 Å². The summed E-state index contributed by atoms with van der Waals surface area (Å²) in [6.07, 6.45) is -1.24. The van der Waals surface area contributed by atoms with Crippen LogP contribution in [0, 0.1) is 0 Å². The molecule has 1 aliphatic rings. The summed E-state index contributed by atoms with van der Waals surface area (Å²) in [7, 11) is 1.51. The fourth-order valence-corrected chi connectivity index (χ4v) is 4.18. The van der Waals surface area contributed by atoms with Gasteiger partial charge in [-0.25, -0.2) is 4.90 Å². The molecule has 3 N–H and O–H groups in total. The maximum Gasteiger partial charge on any atom is 0.266 e. The van der Waals surface area contributed by atoms with Gasteiger partial charge in [-0.15, -0.1) is 0 Å². The van der Waals surface area contributed by atoms with Gasteiger partial charge >= 0.3 is 0 Å². The number of nitrogens with one attached hydrogen (secondary N) is 3. The fourth-order valence-electron chi connectivity index (χ4n) is 3.63. The Kier molecular flexibility index (Phi) is 7.89. The molecule has 37 heavy (non-hydrogen) atoms. The normalized spacial score (nSPS) is 13.6. The summed E-state index contributed by atoms with van der Waals surface area (Å²) in [5.41, 5.74) is 1.54. The van der Waals surface area contributed by atoms with Crippen molar-refractivity contribution < 1.29 is 19.1 Å². The number of hydrogen-bond acceptors (Lipinski definition) is 5. The van der Waals surface area contributed by atoms with Gasteiger partial charge in [-0.2, -0.15) is 0 Å². The van der Waals surface area contributed by atoms with E-state index in [-0.39, 0.29) is 10.8 Å². The number of alkyl halides is 3. The first-order valence-electron chi connectivity index (χ1n) is 10.8. The van der Waals surface area contributed by atoms with Crippen LogP contribution in [0.2, 0.25) is 0 Å². The lowest BCUT2D eigenvalue weighted by atomic mass is 10.1. The summed E-state index contributed by atoms with van der Waals surface area (Å²) in [4.78, 5) is 39.7.